The number of hydrogen-bond donors (Lipinski definition) is 1. The highest BCUT2D eigenvalue weighted by Crippen LogP contribution is 2.21. The van der Waals surface area contributed by atoms with E-state index < -0.39 is 11.6 Å². The van der Waals surface area contributed by atoms with Crippen LogP contribution in [0, 0.1) is 11.6 Å². The van der Waals surface area contributed by atoms with Crippen LogP contribution < -0.4 is 5.32 Å². The summed E-state index contributed by atoms with van der Waals surface area (Å²) in [6.07, 6.45) is 0. The van der Waals surface area contributed by atoms with Crippen molar-refractivity contribution < 1.29 is 8.78 Å². The van der Waals surface area contributed by atoms with E-state index in [1.54, 1.807) is 0 Å². The summed E-state index contributed by atoms with van der Waals surface area (Å²) in [4.78, 5) is 8.58. The number of halogens is 3. The maximum absolute atomic E-state index is 13.1. The third kappa shape index (κ3) is 2.92. The lowest BCUT2D eigenvalue weighted by molar-refractivity contribution is 0.507. The van der Waals surface area contributed by atoms with Crippen molar-refractivity contribution in [1.29, 1.82) is 0 Å². The maximum atomic E-state index is 13.1. The number of aromatic nitrogens is 2. The van der Waals surface area contributed by atoms with Crippen molar-refractivity contribution in [2.45, 2.75) is 6.54 Å². The predicted octanol–water partition coefficient (Wildman–Crippen LogP) is 4.17. The van der Waals surface area contributed by atoms with E-state index in [1.165, 1.54) is 6.07 Å². The molecule has 3 nitrogen and oxygen atoms in total. The molecular weight excluding hydrogens is 296 g/mol. The van der Waals surface area contributed by atoms with E-state index in [2.05, 4.69) is 15.3 Å². The maximum Gasteiger partial charge on any atom is 0.172 e. The molecule has 6 heteroatoms. The van der Waals surface area contributed by atoms with E-state index in [1.807, 2.05) is 24.3 Å². The molecule has 1 heterocycles. The molecule has 0 radical (unpaired) electrons. The summed E-state index contributed by atoms with van der Waals surface area (Å²) in [6, 6.07) is 11.0. The van der Waals surface area contributed by atoms with Gasteiger partial charge >= 0.3 is 0 Å². The minimum Gasteiger partial charge on any atom is -0.363 e. The zero-order chi connectivity index (χ0) is 14.8. The van der Waals surface area contributed by atoms with E-state index in [0.717, 1.165) is 12.1 Å². The summed E-state index contributed by atoms with van der Waals surface area (Å²) >= 11 is 6.06. The molecule has 21 heavy (non-hydrogen) atoms. The fraction of sp³-hybridized carbons (Fsp3) is 0.0667. The van der Waals surface area contributed by atoms with E-state index >= 15 is 0 Å². The molecule has 0 atom stereocenters. The average Bonchev–Trinajstić information content (AvgIpc) is 2.48. The molecule has 0 amide bonds. The number of hydrogen-bond acceptors (Lipinski definition) is 3. The van der Waals surface area contributed by atoms with Crippen molar-refractivity contribution in [1.82, 2.24) is 9.97 Å². The van der Waals surface area contributed by atoms with Crippen molar-refractivity contribution in [2.75, 3.05) is 5.32 Å². The lowest BCUT2D eigenvalue weighted by Gasteiger charge is -2.08. The highest BCUT2D eigenvalue weighted by atomic mass is 35.5. The molecule has 0 aliphatic heterocycles. The van der Waals surface area contributed by atoms with Gasteiger partial charge in [-0.05, 0) is 29.8 Å². The Hall–Kier alpha value is -2.27. The summed E-state index contributed by atoms with van der Waals surface area (Å²) in [7, 11) is 0. The van der Waals surface area contributed by atoms with Crippen LogP contribution in [0.5, 0.6) is 0 Å². The monoisotopic (exact) mass is 305 g/mol. The SMILES string of the molecule is Fc1ccc(CNc2nc3ccccc3nc2Cl)cc1F. The van der Waals surface area contributed by atoms with Gasteiger partial charge in [0.2, 0.25) is 0 Å². The first-order chi connectivity index (χ1) is 10.1. The Labute approximate surface area is 124 Å². The second-order valence-corrected chi connectivity index (χ2v) is 4.81. The fourth-order valence-electron chi connectivity index (χ4n) is 1.93. The number of fused-ring (bicyclic) bond motifs is 1. The first kappa shape index (κ1) is 13.7. The third-order valence-corrected chi connectivity index (χ3v) is 3.24. The summed E-state index contributed by atoms with van der Waals surface area (Å²) in [5.74, 6) is -1.35. The van der Waals surface area contributed by atoms with Gasteiger partial charge < -0.3 is 5.32 Å². The van der Waals surface area contributed by atoms with E-state index in [-0.39, 0.29) is 11.7 Å². The quantitative estimate of drug-likeness (QED) is 0.789. The molecule has 0 unspecified atom stereocenters. The molecule has 1 aromatic heterocycles. The van der Waals surface area contributed by atoms with Crippen LogP contribution >= 0.6 is 11.6 Å². The number of nitrogens with zero attached hydrogens (tertiary/aromatic N) is 2. The average molecular weight is 306 g/mol. The Kier molecular flexibility index (Phi) is 3.66. The molecule has 0 saturated heterocycles. The van der Waals surface area contributed by atoms with Crippen LogP contribution in [-0.2, 0) is 6.54 Å². The van der Waals surface area contributed by atoms with Crippen molar-refractivity contribution in [3.8, 4) is 0 Å². The van der Waals surface area contributed by atoms with Crippen molar-refractivity contribution in [2.24, 2.45) is 0 Å². The minimum atomic E-state index is -0.884. The molecule has 0 spiro atoms. The van der Waals surface area contributed by atoms with Gasteiger partial charge in [0.25, 0.3) is 0 Å². The lowest BCUT2D eigenvalue weighted by atomic mass is 10.2. The predicted molar refractivity (Wildman–Crippen MR) is 78.2 cm³/mol. The van der Waals surface area contributed by atoms with Gasteiger partial charge in [-0.25, -0.2) is 18.7 Å². The molecule has 3 rings (SSSR count). The van der Waals surface area contributed by atoms with Gasteiger partial charge in [-0.1, -0.05) is 29.8 Å². The first-order valence-corrected chi connectivity index (χ1v) is 6.61. The molecule has 0 aliphatic carbocycles. The molecule has 0 saturated carbocycles. The summed E-state index contributed by atoms with van der Waals surface area (Å²) in [5.41, 5.74) is 1.98. The number of anilines is 1. The summed E-state index contributed by atoms with van der Waals surface area (Å²) in [6.45, 7) is 0.268. The highest BCUT2D eigenvalue weighted by molar-refractivity contribution is 6.32. The normalized spacial score (nSPS) is 10.8. The number of rotatable bonds is 3. The fourth-order valence-corrected chi connectivity index (χ4v) is 2.13. The Morgan fingerprint density at radius 2 is 1.67 bits per heavy atom. The Bertz CT molecular complexity index is 808. The van der Waals surface area contributed by atoms with Crippen molar-refractivity contribution in [3.63, 3.8) is 0 Å². The molecule has 1 N–H and O–H groups in total. The first-order valence-electron chi connectivity index (χ1n) is 6.23. The van der Waals surface area contributed by atoms with Crippen LogP contribution in [0.1, 0.15) is 5.56 Å². The van der Waals surface area contributed by atoms with Crippen LogP contribution in [0.25, 0.3) is 11.0 Å². The number of nitrogens with one attached hydrogen (secondary N) is 1. The molecule has 106 valence electrons. The number of para-hydroxylation sites is 2. The van der Waals surface area contributed by atoms with Gasteiger partial charge in [0.15, 0.2) is 22.6 Å². The zero-order valence-corrected chi connectivity index (χ0v) is 11.5. The van der Waals surface area contributed by atoms with Gasteiger partial charge in [-0.15, -0.1) is 0 Å². The van der Waals surface area contributed by atoms with Crippen molar-refractivity contribution >= 4 is 28.5 Å². The Morgan fingerprint density at radius 1 is 0.952 bits per heavy atom. The molecule has 3 aromatic rings. The standard InChI is InChI=1S/C15H10ClF2N3/c16-14-15(21-13-4-2-1-3-12(13)20-14)19-8-9-5-6-10(17)11(18)7-9/h1-7H,8H2,(H,19,21). The van der Waals surface area contributed by atoms with Crippen LogP contribution in [0.4, 0.5) is 14.6 Å². The summed E-state index contributed by atoms with van der Waals surface area (Å²) in [5, 5.41) is 3.21. The second-order valence-electron chi connectivity index (χ2n) is 4.45. The highest BCUT2D eigenvalue weighted by Gasteiger charge is 2.07. The van der Waals surface area contributed by atoms with E-state index in [4.69, 9.17) is 11.6 Å². The van der Waals surface area contributed by atoms with Gasteiger partial charge in [0.1, 0.15) is 0 Å². The van der Waals surface area contributed by atoms with Gasteiger partial charge in [-0.2, -0.15) is 0 Å². The zero-order valence-electron chi connectivity index (χ0n) is 10.8. The topological polar surface area (TPSA) is 37.8 Å². The number of benzene rings is 2. The molecule has 0 fully saturated rings. The van der Waals surface area contributed by atoms with Crippen LogP contribution in [0.15, 0.2) is 42.5 Å². The lowest BCUT2D eigenvalue weighted by Crippen LogP contribution is -2.04. The van der Waals surface area contributed by atoms with Crippen LogP contribution in [-0.4, -0.2) is 9.97 Å². The smallest absolute Gasteiger partial charge is 0.172 e. The van der Waals surface area contributed by atoms with Crippen molar-refractivity contribution in [3.05, 3.63) is 64.8 Å². The van der Waals surface area contributed by atoms with Crippen LogP contribution in [0.3, 0.4) is 0 Å². The van der Waals surface area contributed by atoms with Gasteiger partial charge in [-0.3, -0.25) is 0 Å². The minimum absolute atomic E-state index is 0.233. The van der Waals surface area contributed by atoms with E-state index in [0.29, 0.717) is 22.4 Å². The Morgan fingerprint density at radius 3 is 2.38 bits per heavy atom. The molecule has 2 aromatic carbocycles. The molecule has 0 bridgehead atoms. The largest absolute Gasteiger partial charge is 0.363 e. The van der Waals surface area contributed by atoms with Gasteiger partial charge in [0.05, 0.1) is 11.0 Å². The van der Waals surface area contributed by atoms with E-state index in [9.17, 15) is 8.78 Å². The summed E-state index contributed by atoms with van der Waals surface area (Å²) < 4.78 is 26.0. The Balaban J connectivity index is 1.84. The van der Waals surface area contributed by atoms with Gasteiger partial charge in [0, 0.05) is 6.54 Å². The van der Waals surface area contributed by atoms with Crippen LogP contribution in [0.2, 0.25) is 5.15 Å². The third-order valence-electron chi connectivity index (χ3n) is 2.97. The molecule has 0 aliphatic rings. The second kappa shape index (κ2) is 5.61. The molecular formula is C15H10ClF2N3.